The topological polar surface area (TPSA) is 50.9 Å². The summed E-state index contributed by atoms with van der Waals surface area (Å²) in [5.74, 6) is 1.16. The van der Waals surface area contributed by atoms with Crippen LogP contribution in [0.15, 0.2) is 103 Å². The summed E-state index contributed by atoms with van der Waals surface area (Å²) in [6.07, 6.45) is 1.87. The summed E-state index contributed by atoms with van der Waals surface area (Å²) in [6.45, 7) is 19.3. The summed E-state index contributed by atoms with van der Waals surface area (Å²) >= 11 is 0. The van der Waals surface area contributed by atoms with Crippen molar-refractivity contribution >= 4 is 21.9 Å². The third-order valence-corrected chi connectivity index (χ3v) is 10.7. The second kappa shape index (κ2) is 14.7. The van der Waals surface area contributed by atoms with Crippen molar-refractivity contribution in [1.82, 2.24) is 14.5 Å². The van der Waals surface area contributed by atoms with E-state index in [1.54, 1.807) is 0 Å². The second-order valence-electron chi connectivity index (χ2n) is 15.5. The van der Waals surface area contributed by atoms with E-state index in [0.29, 0.717) is 5.82 Å². The number of aromatic nitrogens is 3. The number of para-hydroxylation sites is 2. The van der Waals surface area contributed by atoms with Crippen molar-refractivity contribution < 1.29 is 26.2 Å². The van der Waals surface area contributed by atoms with Gasteiger partial charge in [-0.15, -0.1) is 28.8 Å². The van der Waals surface area contributed by atoms with Gasteiger partial charge in [0.05, 0.1) is 22.3 Å². The molecule has 0 aliphatic carbocycles. The van der Waals surface area contributed by atoms with Crippen LogP contribution >= 0.6 is 0 Å². The van der Waals surface area contributed by atoms with Crippen LogP contribution in [0.1, 0.15) is 64.3 Å². The van der Waals surface area contributed by atoms with Gasteiger partial charge in [-0.25, -0.2) is 4.98 Å². The van der Waals surface area contributed by atoms with Gasteiger partial charge in [0, 0.05) is 32.8 Å². The van der Waals surface area contributed by atoms with Crippen LogP contribution in [-0.2, 0) is 21.1 Å². The molecule has 0 bridgehead atoms. The number of phenolic OH excluding ortho intramolecular Hbond substituents is 1. The Morgan fingerprint density at radius 3 is 1.89 bits per heavy atom. The van der Waals surface area contributed by atoms with Crippen LogP contribution in [0.3, 0.4) is 0 Å². The fourth-order valence-electron chi connectivity index (χ4n) is 8.48. The molecule has 0 aliphatic heterocycles. The molecule has 278 valence electrons. The number of hydrogen-bond acceptors (Lipinski definition) is 3. The molecule has 2 heterocycles. The Hall–Kier alpha value is -5.31. The van der Waals surface area contributed by atoms with Crippen molar-refractivity contribution in [1.29, 1.82) is 0 Å². The minimum Gasteiger partial charge on any atom is -0.507 e. The summed E-state index contributed by atoms with van der Waals surface area (Å²) in [4.78, 5) is 10.4. The first kappa shape index (κ1) is 38.0. The molecule has 0 amide bonds. The maximum absolute atomic E-state index is 11.6. The fraction of sp³-hybridized carbons (Fsp3) is 0.200. The number of rotatable bonds is 6. The van der Waals surface area contributed by atoms with Crippen molar-refractivity contribution in [3.63, 3.8) is 0 Å². The van der Waals surface area contributed by atoms with Gasteiger partial charge in [0.2, 0.25) is 0 Å². The van der Waals surface area contributed by atoms with Gasteiger partial charge in [-0.3, -0.25) is 9.55 Å². The standard InChI is InChI=1S/C50H46N3O.Pt/c1-28(2)40-26-41(37-23-29(3)19-30(4)24-37)43(38-15-10-13-36-14-12-18-51-46(36)38)27-42(40)39-16-11-17-45-47(39)52-50(44-25-32(6)22-35(9)49(44)54)53(45)48-33(7)20-31(5)21-34(48)8;/h10-26,28,54H,1-9H3;/q-1;. The fourth-order valence-corrected chi connectivity index (χ4v) is 8.48. The maximum Gasteiger partial charge on any atom is 0.148 e. The average molecular weight is 900 g/mol. The van der Waals surface area contributed by atoms with Crippen LogP contribution in [0.5, 0.6) is 5.75 Å². The van der Waals surface area contributed by atoms with E-state index in [0.717, 1.165) is 83.3 Å². The van der Waals surface area contributed by atoms with E-state index in [1.807, 2.05) is 25.3 Å². The Balaban J connectivity index is 0.00000465. The molecule has 6 aromatic carbocycles. The molecule has 2 aromatic heterocycles. The Labute approximate surface area is 339 Å². The molecule has 5 heteroatoms. The van der Waals surface area contributed by atoms with E-state index in [2.05, 4.69) is 151 Å². The number of pyridine rings is 1. The molecule has 8 aromatic rings. The molecule has 0 saturated heterocycles. The summed E-state index contributed by atoms with van der Waals surface area (Å²) in [5.41, 5.74) is 20.0. The monoisotopic (exact) mass is 899 g/mol. The van der Waals surface area contributed by atoms with Gasteiger partial charge in [0.25, 0.3) is 0 Å². The first-order valence-electron chi connectivity index (χ1n) is 18.8. The smallest absolute Gasteiger partial charge is 0.148 e. The van der Waals surface area contributed by atoms with Gasteiger partial charge in [-0.05, 0) is 100 Å². The van der Waals surface area contributed by atoms with Gasteiger partial charge < -0.3 is 5.11 Å². The van der Waals surface area contributed by atoms with E-state index in [9.17, 15) is 5.11 Å². The zero-order valence-corrected chi connectivity index (χ0v) is 35.3. The van der Waals surface area contributed by atoms with Crippen LogP contribution in [0, 0.1) is 54.5 Å². The summed E-state index contributed by atoms with van der Waals surface area (Å²) in [6, 6.07) is 38.7. The Morgan fingerprint density at radius 2 is 1.20 bits per heavy atom. The van der Waals surface area contributed by atoms with Crippen molar-refractivity contribution in [2.24, 2.45) is 0 Å². The number of aromatic hydroxyl groups is 1. The van der Waals surface area contributed by atoms with Crippen LogP contribution in [0.4, 0.5) is 0 Å². The summed E-state index contributed by atoms with van der Waals surface area (Å²) < 4.78 is 2.26. The molecule has 0 spiro atoms. The Bertz CT molecular complexity index is 2740. The Morgan fingerprint density at radius 1 is 0.600 bits per heavy atom. The van der Waals surface area contributed by atoms with Crippen molar-refractivity contribution in [2.75, 3.05) is 0 Å². The number of benzene rings is 6. The first-order valence-corrected chi connectivity index (χ1v) is 18.8. The van der Waals surface area contributed by atoms with Crippen molar-refractivity contribution in [3.8, 4) is 56.2 Å². The summed E-state index contributed by atoms with van der Waals surface area (Å²) in [5, 5.41) is 12.7. The number of phenols is 1. The normalized spacial score (nSPS) is 11.5. The van der Waals surface area contributed by atoms with E-state index in [-0.39, 0.29) is 32.7 Å². The molecular formula is C50H46N3OPt-. The van der Waals surface area contributed by atoms with Gasteiger partial charge in [-0.2, -0.15) is 0 Å². The number of aryl methyl sites for hydroxylation is 7. The predicted octanol–water partition coefficient (Wildman–Crippen LogP) is 13.0. The third kappa shape index (κ3) is 6.72. The SMILES string of the molecule is Cc1cc(C)cc(-c2cc(C(C)C)c(-c3cccc4c3nc(-c3cc(C)cc(C)c3O)n4-c3c(C)cc(C)cc3C)[c-]c2-c2cccc3cccnc23)c1.[Pt]. The molecule has 55 heavy (non-hydrogen) atoms. The first-order chi connectivity index (χ1) is 25.9. The molecule has 1 N–H and O–H groups in total. The molecule has 0 radical (unpaired) electrons. The van der Waals surface area contributed by atoms with Gasteiger partial charge in [-0.1, -0.05) is 126 Å². The third-order valence-electron chi connectivity index (χ3n) is 10.7. The van der Waals surface area contributed by atoms with E-state index in [1.165, 1.54) is 27.8 Å². The average Bonchev–Trinajstić information content (AvgIpc) is 3.50. The van der Waals surface area contributed by atoms with Crippen LogP contribution < -0.4 is 0 Å². The maximum atomic E-state index is 11.6. The van der Waals surface area contributed by atoms with Crippen molar-refractivity contribution in [2.45, 2.75) is 68.2 Å². The van der Waals surface area contributed by atoms with Gasteiger partial charge in [0.1, 0.15) is 11.6 Å². The van der Waals surface area contributed by atoms with Crippen LogP contribution in [0.2, 0.25) is 0 Å². The predicted molar refractivity (Wildman–Crippen MR) is 226 cm³/mol. The molecule has 0 unspecified atom stereocenters. The molecular weight excluding hydrogens is 854 g/mol. The molecule has 0 saturated carbocycles. The van der Waals surface area contributed by atoms with Gasteiger partial charge >= 0.3 is 0 Å². The second-order valence-corrected chi connectivity index (χ2v) is 15.5. The van der Waals surface area contributed by atoms with E-state index < -0.39 is 0 Å². The van der Waals surface area contributed by atoms with Gasteiger partial charge in [0.15, 0.2) is 0 Å². The zero-order valence-electron chi connectivity index (χ0n) is 33.0. The summed E-state index contributed by atoms with van der Waals surface area (Å²) in [7, 11) is 0. The van der Waals surface area contributed by atoms with Crippen LogP contribution in [0.25, 0.3) is 72.4 Å². The molecule has 4 nitrogen and oxygen atoms in total. The molecule has 0 fully saturated rings. The van der Waals surface area contributed by atoms with Crippen LogP contribution in [-0.4, -0.2) is 19.6 Å². The quantitative estimate of drug-likeness (QED) is 0.169. The van der Waals surface area contributed by atoms with Crippen molar-refractivity contribution in [3.05, 3.63) is 154 Å². The number of imidazole rings is 1. The number of fused-ring (bicyclic) bond motifs is 2. The molecule has 0 aliphatic rings. The molecule has 8 rings (SSSR count). The minimum atomic E-state index is 0. The van der Waals surface area contributed by atoms with E-state index in [4.69, 9.17) is 9.97 Å². The number of nitrogens with zero attached hydrogens (tertiary/aromatic N) is 3. The van der Waals surface area contributed by atoms with E-state index >= 15 is 0 Å². The largest absolute Gasteiger partial charge is 0.507 e. The number of hydrogen-bond donors (Lipinski definition) is 1. The molecule has 0 atom stereocenters. The minimum absolute atomic E-state index is 0. The Kier molecular flexibility index (Phi) is 10.2. The zero-order chi connectivity index (χ0) is 38.0.